The summed E-state index contributed by atoms with van der Waals surface area (Å²) in [6.07, 6.45) is 4.30. The maximum Gasteiger partial charge on any atom is 0.183 e. The van der Waals surface area contributed by atoms with Crippen LogP contribution in [0.2, 0.25) is 0 Å². The third kappa shape index (κ3) is 3.04. The van der Waals surface area contributed by atoms with Gasteiger partial charge in [-0.2, -0.15) is 11.3 Å². The van der Waals surface area contributed by atoms with Crippen molar-refractivity contribution in [3.05, 3.63) is 33.5 Å². The first-order valence-corrected chi connectivity index (χ1v) is 6.84. The van der Waals surface area contributed by atoms with E-state index in [0.29, 0.717) is 0 Å². The molecule has 80 valence electrons. The maximum absolute atomic E-state index is 4.35. The van der Waals surface area contributed by atoms with Crippen molar-refractivity contribution in [3.8, 4) is 0 Å². The Bertz CT molecular complexity index is 392. The molecule has 2 aromatic heterocycles. The number of thiophene rings is 1. The van der Waals surface area contributed by atoms with Crippen LogP contribution in [0.5, 0.6) is 0 Å². The molecule has 0 saturated heterocycles. The summed E-state index contributed by atoms with van der Waals surface area (Å²) >= 11 is 3.49. The van der Waals surface area contributed by atoms with E-state index in [1.54, 1.807) is 22.7 Å². The molecule has 0 aliphatic heterocycles. The quantitative estimate of drug-likeness (QED) is 0.857. The normalized spacial score (nSPS) is 10.5. The topological polar surface area (TPSA) is 24.9 Å². The van der Waals surface area contributed by atoms with Crippen LogP contribution in [-0.2, 0) is 13.0 Å². The van der Waals surface area contributed by atoms with Gasteiger partial charge in [0.05, 0.1) is 0 Å². The molecule has 15 heavy (non-hydrogen) atoms. The number of thiazole rings is 1. The second-order valence-corrected chi connectivity index (χ2v) is 5.26. The molecule has 0 unspecified atom stereocenters. The van der Waals surface area contributed by atoms with E-state index in [0.717, 1.165) is 18.1 Å². The largest absolute Gasteiger partial charge is 0.357 e. The van der Waals surface area contributed by atoms with E-state index >= 15 is 0 Å². The molecule has 2 rings (SSSR count). The van der Waals surface area contributed by atoms with Crippen molar-refractivity contribution < 1.29 is 0 Å². The molecule has 0 radical (unpaired) electrons. The second kappa shape index (κ2) is 5.28. The molecule has 0 atom stereocenters. The predicted molar refractivity (Wildman–Crippen MR) is 67.8 cm³/mol. The number of hydrogen-bond acceptors (Lipinski definition) is 4. The Morgan fingerprint density at radius 1 is 1.47 bits per heavy atom. The van der Waals surface area contributed by atoms with Gasteiger partial charge in [-0.3, -0.25) is 0 Å². The summed E-state index contributed by atoms with van der Waals surface area (Å²) in [5, 5.41) is 8.63. The van der Waals surface area contributed by atoms with E-state index in [1.807, 2.05) is 6.20 Å². The monoisotopic (exact) mass is 238 g/mol. The summed E-state index contributed by atoms with van der Waals surface area (Å²) in [4.78, 5) is 5.71. The average Bonchev–Trinajstić information content (AvgIpc) is 2.85. The Kier molecular flexibility index (Phi) is 3.75. The van der Waals surface area contributed by atoms with E-state index in [1.165, 1.54) is 16.9 Å². The van der Waals surface area contributed by atoms with E-state index < -0.39 is 0 Å². The Labute approximate surface area is 98.0 Å². The first-order chi connectivity index (χ1) is 7.38. The van der Waals surface area contributed by atoms with Gasteiger partial charge in [-0.1, -0.05) is 13.3 Å². The number of aryl methyl sites for hydroxylation is 1. The van der Waals surface area contributed by atoms with Crippen LogP contribution in [0.4, 0.5) is 5.13 Å². The number of hydrogen-bond donors (Lipinski definition) is 1. The molecule has 2 aromatic rings. The molecule has 0 aliphatic rings. The standard InChI is InChI=1S/C11H14N2S2/c1-2-3-10-7-13-11(15-10)12-6-9-4-5-14-8-9/h4-5,7-8H,2-3,6H2,1H3,(H,12,13). The molecule has 0 bridgehead atoms. The number of anilines is 1. The lowest BCUT2D eigenvalue weighted by Crippen LogP contribution is -1.96. The Hall–Kier alpha value is -0.870. The fourth-order valence-corrected chi connectivity index (χ4v) is 2.90. The van der Waals surface area contributed by atoms with Crippen molar-refractivity contribution >= 4 is 27.8 Å². The minimum atomic E-state index is 0.878. The van der Waals surface area contributed by atoms with Crippen LogP contribution >= 0.6 is 22.7 Å². The van der Waals surface area contributed by atoms with E-state index in [2.05, 4.69) is 34.1 Å². The zero-order valence-electron chi connectivity index (χ0n) is 8.69. The van der Waals surface area contributed by atoms with Crippen LogP contribution in [0, 0.1) is 0 Å². The second-order valence-electron chi connectivity index (χ2n) is 3.37. The molecule has 0 amide bonds. The van der Waals surface area contributed by atoms with Gasteiger partial charge in [0.25, 0.3) is 0 Å². The van der Waals surface area contributed by atoms with Gasteiger partial charge in [0, 0.05) is 17.6 Å². The lowest BCUT2D eigenvalue weighted by atomic mass is 10.3. The number of rotatable bonds is 5. The van der Waals surface area contributed by atoms with Gasteiger partial charge in [0.2, 0.25) is 0 Å². The molecule has 2 nitrogen and oxygen atoms in total. The number of nitrogens with zero attached hydrogens (tertiary/aromatic N) is 1. The zero-order valence-corrected chi connectivity index (χ0v) is 10.3. The fraction of sp³-hybridized carbons (Fsp3) is 0.364. The van der Waals surface area contributed by atoms with Crippen LogP contribution < -0.4 is 5.32 Å². The molecule has 4 heteroatoms. The Morgan fingerprint density at radius 2 is 2.40 bits per heavy atom. The third-order valence-corrected chi connectivity index (χ3v) is 3.82. The molecule has 0 aliphatic carbocycles. The molecule has 0 aromatic carbocycles. The highest BCUT2D eigenvalue weighted by atomic mass is 32.1. The minimum absolute atomic E-state index is 0.878. The molecule has 0 fully saturated rings. The molecular formula is C11H14N2S2. The van der Waals surface area contributed by atoms with E-state index in [4.69, 9.17) is 0 Å². The Balaban J connectivity index is 1.88. The summed E-state index contributed by atoms with van der Waals surface area (Å²) in [6.45, 7) is 3.07. The molecule has 0 spiro atoms. The number of nitrogens with one attached hydrogen (secondary N) is 1. The first kappa shape index (κ1) is 10.6. The molecule has 2 heterocycles. The molecule has 0 saturated carbocycles. The van der Waals surface area contributed by atoms with Crippen molar-refractivity contribution in [1.29, 1.82) is 0 Å². The minimum Gasteiger partial charge on any atom is -0.357 e. The van der Waals surface area contributed by atoms with E-state index in [9.17, 15) is 0 Å². The highest BCUT2D eigenvalue weighted by Gasteiger charge is 2.00. The molecular weight excluding hydrogens is 224 g/mol. The van der Waals surface area contributed by atoms with Crippen LogP contribution in [0.25, 0.3) is 0 Å². The van der Waals surface area contributed by atoms with Crippen LogP contribution in [0.1, 0.15) is 23.8 Å². The summed E-state index contributed by atoms with van der Waals surface area (Å²) in [5.74, 6) is 0. The van der Waals surface area contributed by atoms with Gasteiger partial charge < -0.3 is 5.32 Å². The van der Waals surface area contributed by atoms with Gasteiger partial charge in [-0.05, 0) is 28.8 Å². The van der Waals surface area contributed by atoms with Gasteiger partial charge in [0.1, 0.15) is 0 Å². The van der Waals surface area contributed by atoms with Crippen molar-refractivity contribution in [2.24, 2.45) is 0 Å². The van der Waals surface area contributed by atoms with E-state index in [-0.39, 0.29) is 0 Å². The highest BCUT2D eigenvalue weighted by molar-refractivity contribution is 7.15. The predicted octanol–water partition coefficient (Wildman–Crippen LogP) is 3.77. The van der Waals surface area contributed by atoms with Crippen molar-refractivity contribution in [2.75, 3.05) is 5.32 Å². The third-order valence-electron chi connectivity index (χ3n) is 2.07. The van der Waals surface area contributed by atoms with Crippen molar-refractivity contribution in [3.63, 3.8) is 0 Å². The molecule has 1 N–H and O–H groups in total. The summed E-state index contributed by atoms with van der Waals surface area (Å²) in [6, 6.07) is 2.14. The SMILES string of the molecule is CCCc1cnc(NCc2ccsc2)s1. The van der Waals surface area contributed by atoms with Crippen LogP contribution in [0.15, 0.2) is 23.0 Å². The highest BCUT2D eigenvalue weighted by Crippen LogP contribution is 2.20. The lowest BCUT2D eigenvalue weighted by Gasteiger charge is -1.98. The summed E-state index contributed by atoms with van der Waals surface area (Å²) < 4.78 is 0. The summed E-state index contributed by atoms with van der Waals surface area (Å²) in [5.41, 5.74) is 1.33. The Morgan fingerprint density at radius 3 is 3.13 bits per heavy atom. The van der Waals surface area contributed by atoms with Gasteiger partial charge >= 0.3 is 0 Å². The lowest BCUT2D eigenvalue weighted by molar-refractivity contribution is 0.936. The smallest absolute Gasteiger partial charge is 0.183 e. The van der Waals surface area contributed by atoms with Crippen LogP contribution in [-0.4, -0.2) is 4.98 Å². The fourth-order valence-electron chi connectivity index (χ4n) is 1.32. The first-order valence-electron chi connectivity index (χ1n) is 5.08. The van der Waals surface area contributed by atoms with Gasteiger partial charge in [-0.25, -0.2) is 4.98 Å². The van der Waals surface area contributed by atoms with Crippen molar-refractivity contribution in [1.82, 2.24) is 4.98 Å². The summed E-state index contributed by atoms with van der Waals surface area (Å²) in [7, 11) is 0. The van der Waals surface area contributed by atoms with Crippen LogP contribution in [0.3, 0.4) is 0 Å². The number of aromatic nitrogens is 1. The zero-order chi connectivity index (χ0) is 10.5. The average molecular weight is 238 g/mol. The van der Waals surface area contributed by atoms with Gasteiger partial charge in [-0.15, -0.1) is 11.3 Å². The van der Waals surface area contributed by atoms with Gasteiger partial charge in [0.15, 0.2) is 5.13 Å². The maximum atomic E-state index is 4.35. The van der Waals surface area contributed by atoms with Crippen molar-refractivity contribution in [2.45, 2.75) is 26.3 Å².